The first-order chi connectivity index (χ1) is 6.54. The van der Waals surface area contributed by atoms with Gasteiger partial charge in [0.25, 0.3) is 0 Å². The minimum Gasteiger partial charge on any atom is -0.391 e. The average molecular weight is 195 g/mol. The summed E-state index contributed by atoms with van der Waals surface area (Å²) in [5, 5.41) is 17.6. The minimum atomic E-state index is -0.321. The smallest absolute Gasteiger partial charge is 0.0774 e. The molecule has 1 saturated heterocycles. The highest BCUT2D eigenvalue weighted by atomic mass is 16.3. The van der Waals surface area contributed by atoms with Gasteiger partial charge in [0.15, 0.2) is 0 Å². The van der Waals surface area contributed by atoms with Crippen LogP contribution in [0.5, 0.6) is 0 Å². The van der Waals surface area contributed by atoms with E-state index in [4.69, 9.17) is 0 Å². The Morgan fingerprint density at radius 3 is 2.86 bits per heavy atom. The Labute approximate surface area is 83.9 Å². The van der Waals surface area contributed by atoms with E-state index in [1.165, 1.54) is 0 Å². The summed E-state index contributed by atoms with van der Waals surface area (Å²) in [6.45, 7) is 4.88. The van der Waals surface area contributed by atoms with Crippen molar-refractivity contribution in [2.75, 3.05) is 6.54 Å². The number of aryl methyl sites for hydroxylation is 2. The van der Waals surface area contributed by atoms with Crippen LogP contribution in [0.3, 0.4) is 0 Å². The molecule has 14 heavy (non-hydrogen) atoms. The third kappa shape index (κ3) is 1.26. The lowest BCUT2D eigenvalue weighted by atomic mass is 9.89. The van der Waals surface area contributed by atoms with Crippen LogP contribution >= 0.6 is 0 Å². The van der Waals surface area contributed by atoms with Gasteiger partial charge in [-0.05, 0) is 26.8 Å². The predicted octanol–water partition coefficient (Wildman–Crippen LogP) is 0.298. The van der Waals surface area contributed by atoms with E-state index in [9.17, 15) is 5.11 Å². The lowest BCUT2D eigenvalue weighted by Crippen LogP contribution is -2.41. The van der Waals surface area contributed by atoms with Crippen molar-refractivity contribution in [3.63, 3.8) is 0 Å². The minimum absolute atomic E-state index is 0.314. The van der Waals surface area contributed by atoms with Crippen molar-refractivity contribution in [3.8, 4) is 0 Å². The molecule has 78 valence electrons. The van der Waals surface area contributed by atoms with E-state index in [1.807, 2.05) is 27.1 Å². The van der Waals surface area contributed by atoms with Gasteiger partial charge in [-0.15, -0.1) is 0 Å². The van der Waals surface area contributed by atoms with Crippen LogP contribution in [-0.4, -0.2) is 27.5 Å². The molecule has 0 amide bonds. The second kappa shape index (κ2) is 3.07. The van der Waals surface area contributed by atoms with Gasteiger partial charge in [-0.3, -0.25) is 4.68 Å². The lowest BCUT2D eigenvalue weighted by Gasteiger charge is -2.28. The molecule has 1 aromatic heterocycles. The van der Waals surface area contributed by atoms with Gasteiger partial charge in [-0.2, -0.15) is 5.10 Å². The predicted molar refractivity (Wildman–Crippen MR) is 53.9 cm³/mol. The van der Waals surface area contributed by atoms with Gasteiger partial charge in [0.2, 0.25) is 0 Å². The van der Waals surface area contributed by atoms with Crippen molar-refractivity contribution in [1.29, 1.82) is 0 Å². The van der Waals surface area contributed by atoms with Gasteiger partial charge in [0.1, 0.15) is 0 Å². The number of aliphatic hydroxyl groups is 1. The molecule has 2 atom stereocenters. The summed E-state index contributed by atoms with van der Waals surface area (Å²) in [6, 6.07) is 0. The van der Waals surface area contributed by atoms with Crippen molar-refractivity contribution >= 4 is 0 Å². The Kier molecular flexibility index (Phi) is 2.12. The van der Waals surface area contributed by atoms with Crippen molar-refractivity contribution in [1.82, 2.24) is 15.1 Å². The number of rotatable bonds is 1. The lowest BCUT2D eigenvalue weighted by molar-refractivity contribution is 0.107. The van der Waals surface area contributed by atoms with Gasteiger partial charge >= 0.3 is 0 Å². The number of hydrogen-bond acceptors (Lipinski definition) is 3. The standard InChI is InChI=1S/C10H17N3O/c1-7-8(6-13(3)12-7)10(2)9(14)4-5-11-10/h6,9,11,14H,4-5H2,1-3H3. The first kappa shape index (κ1) is 9.68. The van der Waals surface area contributed by atoms with E-state index in [1.54, 1.807) is 4.68 Å². The SMILES string of the molecule is Cc1nn(C)cc1C1(C)NCCC1O. The highest BCUT2D eigenvalue weighted by molar-refractivity contribution is 5.28. The Bertz CT molecular complexity index is 347. The summed E-state index contributed by atoms with van der Waals surface area (Å²) in [5.41, 5.74) is 1.77. The normalized spacial score (nSPS) is 32.4. The summed E-state index contributed by atoms with van der Waals surface area (Å²) >= 11 is 0. The third-order valence-corrected chi connectivity index (χ3v) is 3.15. The highest BCUT2D eigenvalue weighted by Crippen LogP contribution is 2.32. The fraction of sp³-hybridized carbons (Fsp3) is 0.700. The van der Waals surface area contributed by atoms with Gasteiger partial charge < -0.3 is 10.4 Å². The molecule has 4 heteroatoms. The molecule has 1 aromatic rings. The van der Waals surface area contributed by atoms with Crippen LogP contribution in [0.4, 0.5) is 0 Å². The Hall–Kier alpha value is -0.870. The average Bonchev–Trinajstić information content (AvgIpc) is 2.59. The molecular formula is C10H17N3O. The summed E-state index contributed by atoms with van der Waals surface area (Å²) in [7, 11) is 1.90. The maximum atomic E-state index is 9.94. The molecule has 1 aliphatic heterocycles. The molecule has 0 saturated carbocycles. The zero-order chi connectivity index (χ0) is 10.3. The van der Waals surface area contributed by atoms with Crippen LogP contribution in [0.1, 0.15) is 24.6 Å². The third-order valence-electron chi connectivity index (χ3n) is 3.15. The topological polar surface area (TPSA) is 50.1 Å². The molecule has 2 unspecified atom stereocenters. The van der Waals surface area contributed by atoms with Crippen molar-refractivity contribution in [2.45, 2.75) is 31.9 Å². The number of aliphatic hydroxyl groups excluding tert-OH is 1. The van der Waals surface area contributed by atoms with Crippen LogP contribution < -0.4 is 5.32 Å². The molecule has 0 aliphatic carbocycles. The number of nitrogens with zero attached hydrogens (tertiary/aromatic N) is 2. The monoisotopic (exact) mass is 195 g/mol. The second-order valence-corrected chi connectivity index (χ2v) is 4.24. The molecule has 2 N–H and O–H groups in total. The quantitative estimate of drug-likeness (QED) is 0.677. The van der Waals surface area contributed by atoms with Crippen LogP contribution in [0.2, 0.25) is 0 Å². The van der Waals surface area contributed by atoms with Crippen LogP contribution in [-0.2, 0) is 12.6 Å². The van der Waals surface area contributed by atoms with Crippen molar-refractivity contribution in [2.24, 2.45) is 7.05 Å². The highest BCUT2D eigenvalue weighted by Gasteiger charge is 2.40. The molecule has 0 radical (unpaired) electrons. The van der Waals surface area contributed by atoms with Crippen LogP contribution in [0.25, 0.3) is 0 Å². The molecule has 4 nitrogen and oxygen atoms in total. The molecule has 1 aliphatic rings. The first-order valence-corrected chi connectivity index (χ1v) is 4.98. The van der Waals surface area contributed by atoms with E-state index in [-0.39, 0.29) is 11.6 Å². The van der Waals surface area contributed by atoms with E-state index in [2.05, 4.69) is 10.4 Å². The number of nitrogens with one attached hydrogen (secondary N) is 1. The van der Waals surface area contributed by atoms with Gasteiger partial charge in [-0.25, -0.2) is 0 Å². The largest absolute Gasteiger partial charge is 0.391 e. The zero-order valence-corrected chi connectivity index (χ0v) is 8.91. The van der Waals surface area contributed by atoms with E-state index in [0.29, 0.717) is 0 Å². The molecule has 0 aromatic carbocycles. The Balaban J connectivity index is 2.42. The molecule has 2 rings (SSSR count). The summed E-state index contributed by atoms with van der Waals surface area (Å²) < 4.78 is 1.79. The van der Waals surface area contributed by atoms with E-state index >= 15 is 0 Å². The molecule has 1 fully saturated rings. The van der Waals surface area contributed by atoms with E-state index < -0.39 is 0 Å². The maximum Gasteiger partial charge on any atom is 0.0774 e. The number of aromatic nitrogens is 2. The summed E-state index contributed by atoms with van der Waals surface area (Å²) in [5.74, 6) is 0. The first-order valence-electron chi connectivity index (χ1n) is 4.98. The van der Waals surface area contributed by atoms with Crippen LogP contribution in [0, 0.1) is 6.92 Å². The second-order valence-electron chi connectivity index (χ2n) is 4.24. The Morgan fingerprint density at radius 1 is 1.71 bits per heavy atom. The maximum absolute atomic E-state index is 9.94. The van der Waals surface area contributed by atoms with E-state index in [0.717, 1.165) is 24.2 Å². The van der Waals surface area contributed by atoms with Gasteiger partial charge in [-0.1, -0.05) is 0 Å². The van der Waals surface area contributed by atoms with Crippen molar-refractivity contribution < 1.29 is 5.11 Å². The summed E-state index contributed by atoms with van der Waals surface area (Å²) in [6.07, 6.45) is 2.48. The zero-order valence-electron chi connectivity index (χ0n) is 8.91. The van der Waals surface area contributed by atoms with Gasteiger partial charge in [0, 0.05) is 18.8 Å². The number of hydrogen-bond donors (Lipinski definition) is 2. The fourth-order valence-corrected chi connectivity index (χ4v) is 2.26. The summed E-state index contributed by atoms with van der Waals surface area (Å²) in [4.78, 5) is 0. The molecule has 2 heterocycles. The molecule has 0 bridgehead atoms. The van der Waals surface area contributed by atoms with Gasteiger partial charge in [0.05, 0.1) is 17.3 Å². The van der Waals surface area contributed by atoms with Crippen LogP contribution in [0.15, 0.2) is 6.20 Å². The molecule has 0 spiro atoms. The van der Waals surface area contributed by atoms with Crippen molar-refractivity contribution in [3.05, 3.63) is 17.5 Å². The molecular weight excluding hydrogens is 178 g/mol. The fourth-order valence-electron chi connectivity index (χ4n) is 2.26. The Morgan fingerprint density at radius 2 is 2.43 bits per heavy atom.